The predicted molar refractivity (Wildman–Crippen MR) is 103 cm³/mol. The molecule has 0 unspecified atom stereocenters. The number of aryl methyl sites for hydroxylation is 1. The number of carbonyl (C=O) groups is 1. The number of nitrogens with zero attached hydrogens (tertiary/aromatic N) is 2. The number of likely N-dealkylation sites (tertiary alicyclic amines) is 1. The van der Waals surface area contributed by atoms with E-state index < -0.39 is 5.60 Å². The van der Waals surface area contributed by atoms with Crippen LogP contribution < -0.4 is 0 Å². The standard InChI is InChI=1S/C21H34N2O2/c1-21(2,25)14-12-17-8-10-18(11-9-17)20(24)23-15-6-5-7-19(23)13-16-22(3)4/h8-11,19,25H,5-7,12-16H2,1-4H3/t19-/m1/s1. The Morgan fingerprint density at radius 3 is 2.52 bits per heavy atom. The van der Waals surface area contributed by atoms with Crippen molar-refractivity contribution in [3.63, 3.8) is 0 Å². The van der Waals surface area contributed by atoms with Gasteiger partial charge in [-0.3, -0.25) is 4.79 Å². The van der Waals surface area contributed by atoms with E-state index in [1.165, 1.54) is 12.0 Å². The summed E-state index contributed by atoms with van der Waals surface area (Å²) in [5.74, 6) is 0.164. The third-order valence-corrected chi connectivity index (χ3v) is 5.02. The Morgan fingerprint density at radius 1 is 1.24 bits per heavy atom. The van der Waals surface area contributed by atoms with Crippen molar-refractivity contribution in [1.82, 2.24) is 9.80 Å². The van der Waals surface area contributed by atoms with Gasteiger partial charge < -0.3 is 14.9 Å². The monoisotopic (exact) mass is 346 g/mol. The average Bonchev–Trinajstić information content (AvgIpc) is 2.57. The van der Waals surface area contributed by atoms with Gasteiger partial charge in [0.05, 0.1) is 5.60 Å². The minimum atomic E-state index is -0.651. The molecule has 1 aromatic rings. The molecule has 1 N–H and O–H groups in total. The molecule has 0 radical (unpaired) electrons. The fraction of sp³-hybridized carbons (Fsp3) is 0.667. The summed E-state index contributed by atoms with van der Waals surface area (Å²) in [6.45, 7) is 5.55. The smallest absolute Gasteiger partial charge is 0.254 e. The lowest BCUT2D eigenvalue weighted by atomic mass is 9.96. The summed E-state index contributed by atoms with van der Waals surface area (Å²) in [5.41, 5.74) is 1.30. The summed E-state index contributed by atoms with van der Waals surface area (Å²) in [4.78, 5) is 17.2. The van der Waals surface area contributed by atoms with E-state index >= 15 is 0 Å². The molecule has 1 fully saturated rings. The fourth-order valence-electron chi connectivity index (χ4n) is 3.41. The van der Waals surface area contributed by atoms with Crippen molar-refractivity contribution in [2.75, 3.05) is 27.2 Å². The number of hydrogen-bond donors (Lipinski definition) is 1. The predicted octanol–water partition coefficient (Wildman–Crippen LogP) is 3.34. The van der Waals surface area contributed by atoms with Crippen LogP contribution in [-0.2, 0) is 6.42 Å². The minimum absolute atomic E-state index is 0.164. The third-order valence-electron chi connectivity index (χ3n) is 5.02. The first-order valence-electron chi connectivity index (χ1n) is 9.53. The van der Waals surface area contributed by atoms with Crippen LogP contribution >= 0.6 is 0 Å². The number of hydrogen-bond acceptors (Lipinski definition) is 3. The summed E-state index contributed by atoms with van der Waals surface area (Å²) in [6.07, 6.45) is 6.03. The molecule has 0 spiro atoms. The summed E-state index contributed by atoms with van der Waals surface area (Å²) < 4.78 is 0. The Bertz CT molecular complexity index is 546. The van der Waals surface area contributed by atoms with Crippen LogP contribution in [0.25, 0.3) is 0 Å². The van der Waals surface area contributed by atoms with Gasteiger partial charge in [0.15, 0.2) is 0 Å². The zero-order valence-corrected chi connectivity index (χ0v) is 16.3. The van der Waals surface area contributed by atoms with E-state index in [2.05, 4.69) is 23.9 Å². The molecule has 1 atom stereocenters. The first-order chi connectivity index (χ1) is 11.8. The van der Waals surface area contributed by atoms with Crippen molar-refractivity contribution >= 4 is 5.91 Å². The lowest BCUT2D eigenvalue weighted by molar-refractivity contribution is 0.0590. The van der Waals surface area contributed by atoms with Gasteiger partial charge in [0.1, 0.15) is 0 Å². The van der Waals surface area contributed by atoms with Gasteiger partial charge in [-0.15, -0.1) is 0 Å². The zero-order valence-electron chi connectivity index (χ0n) is 16.3. The van der Waals surface area contributed by atoms with Gasteiger partial charge in [0, 0.05) is 18.2 Å². The Kier molecular flexibility index (Phi) is 7.03. The molecule has 0 aliphatic carbocycles. The summed E-state index contributed by atoms with van der Waals surface area (Å²) in [6, 6.07) is 8.30. The lowest BCUT2D eigenvalue weighted by Crippen LogP contribution is -2.44. The number of benzene rings is 1. The lowest BCUT2D eigenvalue weighted by Gasteiger charge is -2.36. The van der Waals surface area contributed by atoms with Gasteiger partial charge >= 0.3 is 0 Å². The molecule has 1 aliphatic heterocycles. The zero-order chi connectivity index (χ0) is 18.4. The first kappa shape index (κ1) is 19.9. The molecular formula is C21H34N2O2. The fourth-order valence-corrected chi connectivity index (χ4v) is 3.41. The maximum atomic E-state index is 13.0. The van der Waals surface area contributed by atoms with Crippen LogP contribution in [0.3, 0.4) is 0 Å². The van der Waals surface area contributed by atoms with E-state index in [9.17, 15) is 9.90 Å². The van der Waals surface area contributed by atoms with E-state index in [0.717, 1.165) is 50.8 Å². The molecule has 25 heavy (non-hydrogen) atoms. The Morgan fingerprint density at radius 2 is 1.92 bits per heavy atom. The number of piperidine rings is 1. The summed E-state index contributed by atoms with van der Waals surface area (Å²) in [7, 11) is 4.17. The Balaban J connectivity index is 2.00. The molecule has 0 saturated carbocycles. The molecule has 2 rings (SSSR count). The molecular weight excluding hydrogens is 312 g/mol. The summed E-state index contributed by atoms with van der Waals surface area (Å²) >= 11 is 0. The van der Waals surface area contributed by atoms with Crippen LogP contribution in [0, 0.1) is 0 Å². The molecule has 0 bridgehead atoms. The van der Waals surface area contributed by atoms with E-state index in [1.54, 1.807) is 0 Å². The van der Waals surface area contributed by atoms with Crippen LogP contribution in [0.2, 0.25) is 0 Å². The normalized spacial score (nSPS) is 18.6. The molecule has 140 valence electrons. The highest BCUT2D eigenvalue weighted by Gasteiger charge is 2.27. The molecule has 1 aliphatic rings. The van der Waals surface area contributed by atoms with E-state index in [4.69, 9.17) is 0 Å². The molecule has 1 amide bonds. The van der Waals surface area contributed by atoms with Gasteiger partial charge in [-0.1, -0.05) is 12.1 Å². The van der Waals surface area contributed by atoms with Crippen LogP contribution in [0.4, 0.5) is 0 Å². The van der Waals surface area contributed by atoms with Gasteiger partial charge in [-0.2, -0.15) is 0 Å². The molecule has 1 heterocycles. The van der Waals surface area contributed by atoms with Crippen molar-refractivity contribution in [2.24, 2.45) is 0 Å². The highest BCUT2D eigenvalue weighted by molar-refractivity contribution is 5.94. The second kappa shape index (κ2) is 8.81. The van der Waals surface area contributed by atoms with E-state index in [-0.39, 0.29) is 5.91 Å². The van der Waals surface area contributed by atoms with Gasteiger partial charge in [0.2, 0.25) is 0 Å². The molecule has 4 nitrogen and oxygen atoms in total. The largest absolute Gasteiger partial charge is 0.390 e. The molecule has 1 aromatic carbocycles. The van der Waals surface area contributed by atoms with Crippen LogP contribution in [0.1, 0.15) is 61.9 Å². The van der Waals surface area contributed by atoms with Crippen molar-refractivity contribution in [3.8, 4) is 0 Å². The summed E-state index contributed by atoms with van der Waals surface area (Å²) in [5, 5.41) is 9.85. The number of amides is 1. The van der Waals surface area contributed by atoms with Crippen molar-refractivity contribution in [3.05, 3.63) is 35.4 Å². The quantitative estimate of drug-likeness (QED) is 0.823. The van der Waals surface area contributed by atoms with E-state index in [1.807, 2.05) is 38.1 Å². The maximum Gasteiger partial charge on any atom is 0.254 e. The van der Waals surface area contributed by atoms with E-state index in [0.29, 0.717) is 6.04 Å². The third kappa shape index (κ3) is 6.44. The first-order valence-corrected chi connectivity index (χ1v) is 9.53. The number of carbonyl (C=O) groups excluding carboxylic acids is 1. The van der Waals surface area contributed by atoms with Gasteiger partial charge in [-0.25, -0.2) is 0 Å². The van der Waals surface area contributed by atoms with Crippen LogP contribution in [0.5, 0.6) is 0 Å². The van der Waals surface area contributed by atoms with Crippen molar-refractivity contribution in [2.45, 2.75) is 64.0 Å². The molecule has 0 aromatic heterocycles. The van der Waals surface area contributed by atoms with Crippen molar-refractivity contribution in [1.29, 1.82) is 0 Å². The highest BCUT2D eigenvalue weighted by atomic mass is 16.3. The Hall–Kier alpha value is -1.39. The van der Waals surface area contributed by atoms with Crippen LogP contribution in [0.15, 0.2) is 24.3 Å². The SMILES string of the molecule is CN(C)CC[C@H]1CCCCN1C(=O)c1ccc(CCC(C)(C)O)cc1. The van der Waals surface area contributed by atoms with Gasteiger partial charge in [0.25, 0.3) is 5.91 Å². The second-order valence-corrected chi connectivity index (χ2v) is 8.25. The highest BCUT2D eigenvalue weighted by Crippen LogP contribution is 2.23. The van der Waals surface area contributed by atoms with Crippen LogP contribution in [-0.4, -0.2) is 59.6 Å². The average molecular weight is 347 g/mol. The molecule has 1 saturated heterocycles. The van der Waals surface area contributed by atoms with Gasteiger partial charge in [-0.05, 0) is 90.7 Å². The van der Waals surface area contributed by atoms with Crippen molar-refractivity contribution < 1.29 is 9.90 Å². The number of rotatable bonds is 7. The minimum Gasteiger partial charge on any atom is -0.390 e. The molecule has 4 heteroatoms. The maximum absolute atomic E-state index is 13.0. The Labute approximate surface area is 152 Å². The second-order valence-electron chi connectivity index (χ2n) is 8.25. The topological polar surface area (TPSA) is 43.8 Å². The number of aliphatic hydroxyl groups is 1.